The number of aryl methyl sites for hydroxylation is 1. The van der Waals surface area contributed by atoms with Crippen molar-refractivity contribution in [2.75, 3.05) is 25.5 Å². The van der Waals surface area contributed by atoms with E-state index in [2.05, 4.69) is 10.0 Å². The molecule has 6 atom stereocenters. The van der Waals surface area contributed by atoms with Crippen LogP contribution in [0.25, 0.3) is 0 Å². The highest BCUT2D eigenvalue weighted by Gasteiger charge is 2.39. The van der Waals surface area contributed by atoms with Gasteiger partial charge in [0.05, 0.1) is 29.8 Å². The minimum Gasteiger partial charge on any atom is -0.508 e. The third-order valence-corrected chi connectivity index (χ3v) is 11.5. The van der Waals surface area contributed by atoms with E-state index < -0.39 is 40.5 Å². The van der Waals surface area contributed by atoms with E-state index in [-0.39, 0.29) is 42.2 Å². The number of benzene rings is 5. The fourth-order valence-corrected chi connectivity index (χ4v) is 8.04. The highest BCUT2D eigenvalue weighted by atomic mass is 32.2. The van der Waals surface area contributed by atoms with E-state index in [0.717, 1.165) is 22.3 Å². The topological polar surface area (TPSA) is 158 Å². The molecule has 0 aromatic heterocycles. The van der Waals surface area contributed by atoms with Gasteiger partial charge in [0.15, 0.2) is 6.29 Å². The van der Waals surface area contributed by atoms with Gasteiger partial charge in [-0.2, -0.15) is 4.72 Å². The minimum atomic E-state index is -4.04. The molecule has 5 aromatic rings. The quantitative estimate of drug-likeness (QED) is 0.0838. The van der Waals surface area contributed by atoms with Crippen molar-refractivity contribution in [3.63, 3.8) is 0 Å². The second kappa shape index (κ2) is 18.4. The number of ether oxygens (including phenoxy) is 2. The number of phenolic OH excluding ortho intramolecular Hbond substituents is 1. The maximum absolute atomic E-state index is 13.9. The molecule has 1 unspecified atom stereocenters. The summed E-state index contributed by atoms with van der Waals surface area (Å²) in [5, 5.41) is 33.5. The van der Waals surface area contributed by atoms with Gasteiger partial charge in [-0.25, -0.2) is 8.42 Å². The molecule has 1 heterocycles. The van der Waals surface area contributed by atoms with Crippen molar-refractivity contribution in [1.29, 1.82) is 0 Å². The lowest BCUT2D eigenvalue weighted by Gasteiger charge is -2.42. The van der Waals surface area contributed by atoms with Gasteiger partial charge in [-0.05, 0) is 79.0 Å². The summed E-state index contributed by atoms with van der Waals surface area (Å²) >= 11 is 0. The van der Waals surface area contributed by atoms with Gasteiger partial charge < -0.3 is 35.0 Å². The maximum atomic E-state index is 13.9. The lowest BCUT2D eigenvalue weighted by molar-refractivity contribution is -0.276. The van der Waals surface area contributed by atoms with Gasteiger partial charge in [-0.15, -0.1) is 0 Å². The van der Waals surface area contributed by atoms with Crippen molar-refractivity contribution in [2.24, 2.45) is 5.92 Å². The number of hydrogen-bond donors (Lipinski definition) is 5. The van der Waals surface area contributed by atoms with E-state index in [0.29, 0.717) is 23.4 Å². The third-order valence-electron chi connectivity index (χ3n) is 10.0. The first-order valence-corrected chi connectivity index (χ1v) is 20.1. The lowest BCUT2D eigenvalue weighted by Crippen LogP contribution is -2.45. The summed E-state index contributed by atoms with van der Waals surface area (Å²) in [5.74, 6) is -0.584. The van der Waals surface area contributed by atoms with Crippen LogP contribution in [0.4, 0.5) is 5.69 Å². The third kappa shape index (κ3) is 10.5. The fraction of sp³-hybridized carbons (Fsp3) is 0.295. The van der Waals surface area contributed by atoms with Crippen LogP contribution < -0.4 is 10.0 Å². The van der Waals surface area contributed by atoms with Gasteiger partial charge in [0.1, 0.15) is 11.8 Å². The van der Waals surface area contributed by atoms with Crippen molar-refractivity contribution < 1.29 is 38.0 Å². The maximum Gasteiger partial charge on any atom is 0.242 e. The molecule has 0 saturated carbocycles. The Morgan fingerprint density at radius 2 is 1.55 bits per heavy atom. The molecule has 1 saturated heterocycles. The molecule has 1 amide bonds. The Kier molecular flexibility index (Phi) is 13.3. The molecule has 1 aliphatic rings. The molecule has 0 spiro atoms. The number of phenols is 1. The first kappa shape index (κ1) is 40.7. The second-order valence-corrected chi connectivity index (χ2v) is 16.2. The number of nitrogens with zero attached hydrogens (tertiary/aromatic N) is 1. The average Bonchev–Trinajstić information content (AvgIpc) is 3.19. The summed E-state index contributed by atoms with van der Waals surface area (Å²) < 4.78 is 42.8. The van der Waals surface area contributed by atoms with Crippen LogP contribution in [0.5, 0.6) is 5.75 Å². The molecular weight excluding hydrogens is 731 g/mol. The Morgan fingerprint density at radius 3 is 2.25 bits per heavy atom. The average molecular weight is 780 g/mol. The number of aliphatic hydroxyl groups excluding tert-OH is 2. The van der Waals surface area contributed by atoms with Crippen molar-refractivity contribution >= 4 is 21.6 Å². The molecule has 0 radical (unpaired) electrons. The molecule has 0 bridgehead atoms. The first-order chi connectivity index (χ1) is 26.9. The van der Waals surface area contributed by atoms with Gasteiger partial charge in [-0.1, -0.05) is 103 Å². The highest BCUT2D eigenvalue weighted by Crippen LogP contribution is 2.42. The molecule has 5 aromatic carbocycles. The Morgan fingerprint density at radius 1 is 0.839 bits per heavy atom. The van der Waals surface area contributed by atoms with Crippen molar-refractivity contribution in [1.82, 2.24) is 9.62 Å². The number of rotatable bonds is 15. The fourth-order valence-electron chi connectivity index (χ4n) is 6.85. The van der Waals surface area contributed by atoms with E-state index in [1.165, 1.54) is 12.1 Å². The second-order valence-electron chi connectivity index (χ2n) is 14.4. The van der Waals surface area contributed by atoms with Crippen LogP contribution in [0.3, 0.4) is 0 Å². The number of anilines is 1. The van der Waals surface area contributed by atoms with Crippen LogP contribution in [-0.4, -0.2) is 66.8 Å². The zero-order valence-corrected chi connectivity index (χ0v) is 32.5. The number of aromatic hydroxyl groups is 1. The van der Waals surface area contributed by atoms with Crippen molar-refractivity contribution in [3.8, 4) is 5.75 Å². The summed E-state index contributed by atoms with van der Waals surface area (Å²) in [7, 11) is -2.14. The Hall–Kier alpha value is -4.92. The zero-order valence-electron chi connectivity index (χ0n) is 31.7. The molecule has 56 heavy (non-hydrogen) atoms. The molecule has 1 fully saturated rings. The number of nitrogens with one attached hydrogen (secondary N) is 2. The zero-order chi connectivity index (χ0) is 39.8. The van der Waals surface area contributed by atoms with E-state index in [4.69, 9.17) is 9.47 Å². The normalized spacial score (nSPS) is 19.7. The van der Waals surface area contributed by atoms with E-state index in [1.807, 2.05) is 86.5 Å². The van der Waals surface area contributed by atoms with Crippen molar-refractivity contribution in [3.05, 3.63) is 161 Å². The molecule has 1 aliphatic heterocycles. The van der Waals surface area contributed by atoms with Crippen molar-refractivity contribution in [2.45, 2.75) is 62.4 Å². The van der Waals surface area contributed by atoms with E-state index in [1.54, 1.807) is 54.6 Å². The molecule has 0 aliphatic carbocycles. The van der Waals surface area contributed by atoms with Gasteiger partial charge in [0.25, 0.3) is 0 Å². The largest absolute Gasteiger partial charge is 0.508 e. The minimum absolute atomic E-state index is 0.0615. The number of carbonyl (C=O) groups is 1. The predicted octanol–water partition coefficient (Wildman–Crippen LogP) is 6.18. The van der Waals surface area contributed by atoms with Gasteiger partial charge in [0, 0.05) is 30.3 Å². The van der Waals surface area contributed by atoms with Crippen LogP contribution in [0.2, 0.25) is 0 Å². The number of sulfonamides is 1. The standard InChI is InChI=1S/C44H49N3O8S/c1-29-15-21-38(22-16-29)56(52,53)46-39(23-31-9-5-4-6-10-31)43(51)45-36-13-7-12-35(24-36)44-54-41(27-47(3)26-40(50)34-11-8-14-37(49)25-34)30(2)42(55-44)33-19-17-32(28-48)18-20-33/h4-22,24-25,30,39-42,44,46,48-50H,23,26-28H2,1-3H3,(H,45,51)/t30-,39+,40+,41+,42+,44?/m0/s1. The molecule has 11 nitrogen and oxygen atoms in total. The number of likely N-dealkylation sites (N-methyl/N-ethyl adjacent to an activating group) is 1. The van der Waals surface area contributed by atoms with Gasteiger partial charge in [0.2, 0.25) is 15.9 Å². The van der Waals surface area contributed by atoms with Crippen LogP contribution in [0.15, 0.2) is 132 Å². The number of hydrogen-bond acceptors (Lipinski definition) is 9. The molecule has 294 valence electrons. The summed E-state index contributed by atoms with van der Waals surface area (Å²) in [5.41, 5.74) is 5.05. The molecule has 12 heteroatoms. The lowest BCUT2D eigenvalue weighted by atomic mass is 9.90. The molecule has 6 rings (SSSR count). The van der Waals surface area contributed by atoms with E-state index in [9.17, 15) is 28.5 Å². The van der Waals surface area contributed by atoms with Crippen LogP contribution in [0, 0.1) is 12.8 Å². The summed E-state index contributed by atoms with van der Waals surface area (Å²) in [6, 6.07) is 35.8. The Labute approximate surface area is 328 Å². The Bertz CT molecular complexity index is 2170. The smallest absolute Gasteiger partial charge is 0.242 e. The van der Waals surface area contributed by atoms with Crippen LogP contribution in [0.1, 0.15) is 58.8 Å². The van der Waals surface area contributed by atoms with Crippen LogP contribution >= 0.6 is 0 Å². The summed E-state index contributed by atoms with van der Waals surface area (Å²) in [4.78, 5) is 16.0. The summed E-state index contributed by atoms with van der Waals surface area (Å²) in [6.07, 6.45) is -2.33. The monoisotopic (exact) mass is 779 g/mol. The highest BCUT2D eigenvalue weighted by molar-refractivity contribution is 7.89. The first-order valence-electron chi connectivity index (χ1n) is 18.6. The number of aliphatic hydroxyl groups is 2. The van der Waals surface area contributed by atoms with Gasteiger partial charge in [-0.3, -0.25) is 4.79 Å². The SMILES string of the molecule is Cc1ccc(S(=O)(=O)N[C@H](Cc2ccccc2)C(=O)Nc2cccc(C3O[C@H](CN(C)C[C@@H](O)c4cccc(O)c4)[C@H](C)[C@H](c4ccc(CO)cc4)O3)c2)cc1. The summed E-state index contributed by atoms with van der Waals surface area (Å²) in [6.45, 7) is 4.57. The predicted molar refractivity (Wildman–Crippen MR) is 214 cm³/mol. The van der Waals surface area contributed by atoms with Gasteiger partial charge >= 0.3 is 0 Å². The van der Waals surface area contributed by atoms with E-state index >= 15 is 0 Å². The Balaban J connectivity index is 1.23. The van der Waals surface area contributed by atoms with Crippen LogP contribution in [-0.2, 0) is 37.3 Å². The number of amides is 1. The molecule has 5 N–H and O–H groups in total. The molecular formula is C44H49N3O8S. The number of carbonyl (C=O) groups excluding carboxylic acids is 1.